The molecular weight excluding hydrogens is 210 g/mol. The Bertz CT molecular complexity index is 515. The number of halogens is 2. The van der Waals surface area contributed by atoms with Crippen LogP contribution in [0.25, 0.3) is 11.1 Å². The van der Waals surface area contributed by atoms with Gasteiger partial charge >= 0.3 is 0 Å². The van der Waals surface area contributed by atoms with Gasteiger partial charge in [0.05, 0.1) is 0 Å². The van der Waals surface area contributed by atoms with Crippen LogP contribution < -0.4 is 0 Å². The quantitative estimate of drug-likeness (QED) is 0.777. The fourth-order valence-electron chi connectivity index (χ4n) is 1.68. The summed E-state index contributed by atoms with van der Waals surface area (Å²) in [5, 5.41) is 9.29. The minimum Gasteiger partial charge on any atom is -0.508 e. The minimum atomic E-state index is -0.515. The standard InChI is InChI=1S/C13H10F2O/c1-8-4-10(14)2-3-13(8)9-5-11(15)7-12(16)6-9/h2-7,16H,1H3. The molecule has 0 aliphatic heterocycles. The molecule has 0 unspecified atom stereocenters. The second-order valence-electron chi connectivity index (χ2n) is 3.66. The maximum absolute atomic E-state index is 13.1. The lowest BCUT2D eigenvalue weighted by Crippen LogP contribution is -1.86. The van der Waals surface area contributed by atoms with E-state index in [2.05, 4.69) is 0 Å². The zero-order valence-corrected chi connectivity index (χ0v) is 8.67. The van der Waals surface area contributed by atoms with Crippen LogP contribution in [0, 0.1) is 18.6 Å². The lowest BCUT2D eigenvalue weighted by Gasteiger charge is -2.06. The molecule has 2 rings (SSSR count). The summed E-state index contributed by atoms with van der Waals surface area (Å²) in [6.07, 6.45) is 0. The number of phenols is 1. The molecule has 3 heteroatoms. The number of hydrogen-bond acceptors (Lipinski definition) is 1. The molecule has 82 valence electrons. The van der Waals surface area contributed by atoms with Gasteiger partial charge in [-0.15, -0.1) is 0 Å². The van der Waals surface area contributed by atoms with Crippen molar-refractivity contribution in [1.82, 2.24) is 0 Å². The van der Waals surface area contributed by atoms with Gasteiger partial charge in [-0.25, -0.2) is 8.78 Å². The largest absolute Gasteiger partial charge is 0.508 e. The van der Waals surface area contributed by atoms with Gasteiger partial charge in [0.2, 0.25) is 0 Å². The Labute approximate surface area is 92.0 Å². The summed E-state index contributed by atoms with van der Waals surface area (Å²) in [6, 6.07) is 8.03. The molecule has 16 heavy (non-hydrogen) atoms. The number of aryl methyl sites for hydroxylation is 1. The summed E-state index contributed by atoms with van der Waals surface area (Å²) in [5.41, 5.74) is 1.94. The lowest BCUT2D eigenvalue weighted by molar-refractivity contribution is 0.469. The van der Waals surface area contributed by atoms with Crippen molar-refractivity contribution in [1.29, 1.82) is 0 Å². The van der Waals surface area contributed by atoms with Crippen molar-refractivity contribution in [3.8, 4) is 16.9 Å². The number of phenolic OH excluding ortho intramolecular Hbond substituents is 1. The molecule has 1 nitrogen and oxygen atoms in total. The van der Waals surface area contributed by atoms with Crippen LogP contribution in [-0.4, -0.2) is 5.11 Å². The van der Waals surface area contributed by atoms with E-state index in [0.29, 0.717) is 16.7 Å². The van der Waals surface area contributed by atoms with E-state index in [1.165, 1.54) is 24.3 Å². The van der Waals surface area contributed by atoms with Gasteiger partial charge in [-0.2, -0.15) is 0 Å². The van der Waals surface area contributed by atoms with Crippen molar-refractivity contribution in [3.05, 3.63) is 53.6 Å². The van der Waals surface area contributed by atoms with Gasteiger partial charge in [-0.05, 0) is 47.9 Å². The molecule has 0 spiro atoms. The van der Waals surface area contributed by atoms with Gasteiger partial charge in [0.25, 0.3) is 0 Å². The summed E-state index contributed by atoms with van der Waals surface area (Å²) in [6.45, 7) is 1.74. The van der Waals surface area contributed by atoms with Crippen LogP contribution >= 0.6 is 0 Å². The van der Waals surface area contributed by atoms with Crippen molar-refractivity contribution in [2.24, 2.45) is 0 Å². The Morgan fingerprint density at radius 2 is 1.69 bits per heavy atom. The van der Waals surface area contributed by atoms with E-state index in [4.69, 9.17) is 0 Å². The number of rotatable bonds is 1. The summed E-state index contributed by atoms with van der Waals surface area (Å²) in [5.74, 6) is -0.987. The summed E-state index contributed by atoms with van der Waals surface area (Å²) in [4.78, 5) is 0. The maximum Gasteiger partial charge on any atom is 0.127 e. The Morgan fingerprint density at radius 1 is 0.938 bits per heavy atom. The van der Waals surface area contributed by atoms with Gasteiger partial charge in [0.15, 0.2) is 0 Å². The maximum atomic E-state index is 13.1. The highest BCUT2D eigenvalue weighted by molar-refractivity contribution is 5.68. The van der Waals surface area contributed by atoms with Crippen LogP contribution in [0.15, 0.2) is 36.4 Å². The highest BCUT2D eigenvalue weighted by Crippen LogP contribution is 2.27. The van der Waals surface area contributed by atoms with Crippen molar-refractivity contribution in [3.63, 3.8) is 0 Å². The van der Waals surface area contributed by atoms with Crippen molar-refractivity contribution >= 4 is 0 Å². The first-order chi connectivity index (χ1) is 7.56. The first-order valence-corrected chi connectivity index (χ1v) is 4.82. The second-order valence-corrected chi connectivity index (χ2v) is 3.66. The normalized spacial score (nSPS) is 10.4. The van der Waals surface area contributed by atoms with E-state index in [0.717, 1.165) is 6.07 Å². The van der Waals surface area contributed by atoms with Crippen LogP contribution in [0.1, 0.15) is 5.56 Å². The first kappa shape index (κ1) is 10.6. The van der Waals surface area contributed by atoms with E-state index in [-0.39, 0.29) is 11.6 Å². The van der Waals surface area contributed by atoms with Gasteiger partial charge in [-0.1, -0.05) is 6.07 Å². The molecule has 2 aromatic rings. The molecule has 0 fully saturated rings. The molecule has 0 saturated heterocycles. The predicted octanol–water partition coefficient (Wildman–Crippen LogP) is 3.65. The fraction of sp³-hybridized carbons (Fsp3) is 0.0769. The molecular formula is C13H10F2O. The average Bonchev–Trinajstić information content (AvgIpc) is 2.15. The van der Waals surface area contributed by atoms with Crippen molar-refractivity contribution in [2.45, 2.75) is 6.92 Å². The number of hydrogen-bond donors (Lipinski definition) is 1. The van der Waals surface area contributed by atoms with E-state index >= 15 is 0 Å². The minimum absolute atomic E-state index is 0.140. The molecule has 0 heterocycles. The van der Waals surface area contributed by atoms with Crippen molar-refractivity contribution in [2.75, 3.05) is 0 Å². The summed E-state index contributed by atoms with van der Waals surface area (Å²) >= 11 is 0. The molecule has 0 amide bonds. The first-order valence-electron chi connectivity index (χ1n) is 4.82. The summed E-state index contributed by atoms with van der Waals surface area (Å²) in [7, 11) is 0. The molecule has 0 aliphatic rings. The third-order valence-electron chi connectivity index (χ3n) is 2.38. The predicted molar refractivity (Wildman–Crippen MR) is 58.2 cm³/mol. The molecule has 0 bridgehead atoms. The Kier molecular flexibility index (Phi) is 2.60. The third-order valence-corrected chi connectivity index (χ3v) is 2.38. The van der Waals surface area contributed by atoms with E-state index in [9.17, 15) is 13.9 Å². The molecule has 0 atom stereocenters. The zero-order valence-electron chi connectivity index (χ0n) is 8.67. The van der Waals surface area contributed by atoms with Gasteiger partial charge < -0.3 is 5.11 Å². The molecule has 0 aromatic heterocycles. The van der Waals surface area contributed by atoms with Gasteiger partial charge in [-0.3, -0.25) is 0 Å². The fourth-order valence-corrected chi connectivity index (χ4v) is 1.68. The molecule has 0 radical (unpaired) electrons. The topological polar surface area (TPSA) is 20.2 Å². The zero-order chi connectivity index (χ0) is 11.7. The van der Waals surface area contributed by atoms with Crippen molar-refractivity contribution < 1.29 is 13.9 Å². The molecule has 0 aliphatic carbocycles. The van der Waals surface area contributed by atoms with Gasteiger partial charge in [0, 0.05) is 6.07 Å². The van der Waals surface area contributed by atoms with Crippen LogP contribution in [0.4, 0.5) is 8.78 Å². The van der Waals surface area contributed by atoms with E-state index in [1.54, 1.807) is 13.0 Å². The number of benzene rings is 2. The highest BCUT2D eigenvalue weighted by atomic mass is 19.1. The molecule has 0 saturated carbocycles. The highest BCUT2D eigenvalue weighted by Gasteiger charge is 2.06. The van der Waals surface area contributed by atoms with E-state index in [1.807, 2.05) is 0 Å². The Morgan fingerprint density at radius 3 is 2.31 bits per heavy atom. The Balaban J connectivity index is 2.58. The third kappa shape index (κ3) is 2.03. The average molecular weight is 220 g/mol. The smallest absolute Gasteiger partial charge is 0.127 e. The lowest BCUT2D eigenvalue weighted by atomic mass is 10.0. The monoisotopic (exact) mass is 220 g/mol. The second kappa shape index (κ2) is 3.93. The van der Waals surface area contributed by atoms with Gasteiger partial charge in [0.1, 0.15) is 17.4 Å². The van der Waals surface area contributed by atoms with Crippen LogP contribution in [0.5, 0.6) is 5.75 Å². The number of aromatic hydroxyl groups is 1. The molecule has 2 aromatic carbocycles. The van der Waals surface area contributed by atoms with Crippen LogP contribution in [0.2, 0.25) is 0 Å². The molecule has 1 N–H and O–H groups in total. The SMILES string of the molecule is Cc1cc(F)ccc1-c1cc(O)cc(F)c1. The summed E-state index contributed by atoms with van der Waals surface area (Å²) < 4.78 is 26.0. The van der Waals surface area contributed by atoms with Crippen LogP contribution in [0.3, 0.4) is 0 Å². The Hall–Kier alpha value is -1.90. The van der Waals surface area contributed by atoms with E-state index < -0.39 is 5.82 Å². The van der Waals surface area contributed by atoms with Crippen LogP contribution in [-0.2, 0) is 0 Å².